The summed E-state index contributed by atoms with van der Waals surface area (Å²) in [5.74, 6) is -0.686. The third kappa shape index (κ3) is 5.63. The highest BCUT2D eigenvalue weighted by atomic mass is 19.4. The Balaban J connectivity index is 1.38. The highest BCUT2D eigenvalue weighted by Crippen LogP contribution is 2.35. The van der Waals surface area contributed by atoms with Gasteiger partial charge in [-0.3, -0.25) is 9.59 Å². The van der Waals surface area contributed by atoms with Gasteiger partial charge in [-0.15, -0.1) is 0 Å². The second-order valence-corrected chi connectivity index (χ2v) is 9.96. The van der Waals surface area contributed by atoms with Gasteiger partial charge in [-0.1, -0.05) is 42.5 Å². The van der Waals surface area contributed by atoms with Gasteiger partial charge in [0.2, 0.25) is 5.91 Å². The number of nitrogens with two attached hydrogens (primary N) is 1. The predicted octanol–water partition coefficient (Wildman–Crippen LogP) is 4.68. The van der Waals surface area contributed by atoms with Crippen LogP contribution in [0.25, 0.3) is 22.3 Å². The zero-order chi connectivity index (χ0) is 29.3. The number of benzene rings is 2. The highest BCUT2D eigenvalue weighted by Gasteiger charge is 2.35. The zero-order valence-corrected chi connectivity index (χ0v) is 22.3. The van der Waals surface area contributed by atoms with Crippen molar-refractivity contribution in [3.63, 3.8) is 0 Å². The molecule has 212 valence electrons. The lowest BCUT2D eigenvalue weighted by Crippen LogP contribution is -2.40. The lowest BCUT2D eigenvalue weighted by molar-refractivity contribution is -0.138. The molecule has 1 aliphatic rings. The van der Waals surface area contributed by atoms with Gasteiger partial charge in [0.25, 0.3) is 5.91 Å². The summed E-state index contributed by atoms with van der Waals surface area (Å²) in [7, 11) is 0. The van der Waals surface area contributed by atoms with Gasteiger partial charge in [0.05, 0.1) is 22.6 Å². The Hall–Kier alpha value is -4.74. The molecule has 4 aromatic rings. The topological polar surface area (TPSA) is 119 Å². The molecule has 0 bridgehead atoms. The van der Waals surface area contributed by atoms with Crippen molar-refractivity contribution in [2.75, 3.05) is 18.8 Å². The van der Waals surface area contributed by atoms with Crippen LogP contribution in [0.5, 0.6) is 0 Å². The molecular weight excluding hydrogens is 535 g/mol. The monoisotopic (exact) mass is 563 g/mol. The Labute approximate surface area is 233 Å². The summed E-state index contributed by atoms with van der Waals surface area (Å²) in [5, 5.41) is 8.00. The normalized spacial score (nSPS) is 15.6. The number of likely N-dealkylation sites (tertiary alicyclic amines) is 1. The number of aryl methyl sites for hydroxylation is 1. The van der Waals surface area contributed by atoms with Crippen LogP contribution in [0.4, 0.5) is 19.0 Å². The van der Waals surface area contributed by atoms with Gasteiger partial charge in [0.1, 0.15) is 17.8 Å². The van der Waals surface area contributed by atoms with Crippen LogP contribution < -0.4 is 11.1 Å². The number of alkyl halides is 3. The van der Waals surface area contributed by atoms with E-state index in [4.69, 9.17) is 10.8 Å². The number of carbonyl (C=O) groups is 2. The molecule has 0 radical (unpaired) electrons. The van der Waals surface area contributed by atoms with Gasteiger partial charge in [0, 0.05) is 25.2 Å². The number of carbonyl (C=O) groups excluding carboxylic acids is 2. The van der Waals surface area contributed by atoms with Crippen molar-refractivity contribution in [3.8, 4) is 11.3 Å². The van der Waals surface area contributed by atoms with Crippen LogP contribution in [0.15, 0.2) is 61.4 Å². The fraction of sp³-hybridized carbons (Fsp3) is 0.276. The smallest absolute Gasteiger partial charge is 0.383 e. The van der Waals surface area contributed by atoms with Crippen LogP contribution in [0.2, 0.25) is 0 Å². The minimum absolute atomic E-state index is 0.0277. The molecule has 0 aliphatic carbocycles. The summed E-state index contributed by atoms with van der Waals surface area (Å²) < 4.78 is 42.2. The van der Waals surface area contributed by atoms with E-state index in [9.17, 15) is 22.8 Å². The van der Waals surface area contributed by atoms with E-state index < -0.39 is 23.2 Å². The van der Waals surface area contributed by atoms with E-state index in [-0.39, 0.29) is 24.3 Å². The van der Waals surface area contributed by atoms with E-state index >= 15 is 0 Å². The van der Waals surface area contributed by atoms with Gasteiger partial charge >= 0.3 is 6.18 Å². The Bertz CT molecular complexity index is 1630. The molecule has 1 saturated heterocycles. The first kappa shape index (κ1) is 27.8. The molecule has 41 heavy (non-hydrogen) atoms. The number of piperidine rings is 1. The second-order valence-electron chi connectivity index (χ2n) is 9.96. The number of hydrogen-bond donors (Lipinski definition) is 2. The molecule has 2 amide bonds. The molecule has 0 spiro atoms. The first-order valence-corrected chi connectivity index (χ1v) is 13.0. The van der Waals surface area contributed by atoms with E-state index in [2.05, 4.69) is 21.9 Å². The van der Waals surface area contributed by atoms with Gasteiger partial charge in [-0.25, -0.2) is 14.6 Å². The number of hydrogen-bond acceptors (Lipinski definition) is 6. The average Bonchev–Trinajstić information content (AvgIpc) is 3.36. The van der Waals surface area contributed by atoms with Crippen molar-refractivity contribution in [2.24, 2.45) is 0 Å². The molecule has 2 aromatic heterocycles. The number of aromatic nitrogens is 4. The van der Waals surface area contributed by atoms with E-state index in [1.807, 2.05) is 0 Å². The van der Waals surface area contributed by atoms with Crippen LogP contribution in [-0.4, -0.2) is 49.6 Å². The summed E-state index contributed by atoms with van der Waals surface area (Å²) in [6.07, 6.45) is -0.366. The molecule has 0 saturated carbocycles. The van der Waals surface area contributed by atoms with Gasteiger partial charge in [-0.2, -0.15) is 18.3 Å². The van der Waals surface area contributed by atoms with E-state index in [1.165, 1.54) is 31.5 Å². The van der Waals surface area contributed by atoms with Crippen molar-refractivity contribution < 1.29 is 22.8 Å². The predicted molar refractivity (Wildman–Crippen MR) is 148 cm³/mol. The van der Waals surface area contributed by atoms with Crippen LogP contribution in [0.3, 0.4) is 0 Å². The summed E-state index contributed by atoms with van der Waals surface area (Å²) in [5.41, 5.74) is 7.78. The Morgan fingerprint density at radius 3 is 2.63 bits per heavy atom. The summed E-state index contributed by atoms with van der Waals surface area (Å²) in [6.45, 7) is 6.25. The van der Waals surface area contributed by atoms with E-state index in [0.717, 1.165) is 24.5 Å². The summed E-state index contributed by atoms with van der Waals surface area (Å²) in [4.78, 5) is 35.2. The largest absolute Gasteiger partial charge is 0.417 e. The minimum Gasteiger partial charge on any atom is -0.383 e. The molecule has 2 aromatic carbocycles. The summed E-state index contributed by atoms with van der Waals surface area (Å²) in [6, 6.07) is 10.6. The molecule has 1 fully saturated rings. The minimum atomic E-state index is -4.64. The molecule has 3 N–H and O–H groups in total. The maximum absolute atomic E-state index is 13.5. The number of fused-ring (bicyclic) bond motifs is 1. The maximum Gasteiger partial charge on any atom is 0.417 e. The SMILES string of the molecule is C=CC(=O)N1CCC[C@@H](n2nc(-c3ccc(CNC(=O)c4ccc(C)cc4C(F)(F)F)cc3)c3c(N)ncnc32)C1. The number of amides is 2. The Morgan fingerprint density at radius 2 is 1.93 bits per heavy atom. The number of halogens is 3. The van der Waals surface area contributed by atoms with Crippen molar-refractivity contribution in [2.45, 2.75) is 38.5 Å². The Morgan fingerprint density at radius 1 is 1.17 bits per heavy atom. The van der Waals surface area contributed by atoms with Crippen molar-refractivity contribution >= 4 is 28.7 Å². The molecule has 1 atom stereocenters. The van der Waals surface area contributed by atoms with E-state index in [1.54, 1.807) is 33.8 Å². The lowest BCUT2D eigenvalue weighted by atomic mass is 10.0. The molecule has 1 aliphatic heterocycles. The first-order valence-electron chi connectivity index (χ1n) is 13.0. The van der Waals surface area contributed by atoms with Crippen molar-refractivity contribution in [1.82, 2.24) is 30.0 Å². The number of nitrogens with zero attached hydrogens (tertiary/aromatic N) is 5. The molecule has 9 nitrogen and oxygen atoms in total. The zero-order valence-electron chi connectivity index (χ0n) is 22.3. The Kier molecular flexibility index (Phi) is 7.48. The van der Waals surface area contributed by atoms with Crippen LogP contribution in [-0.2, 0) is 17.5 Å². The van der Waals surface area contributed by atoms with Crippen LogP contribution >= 0.6 is 0 Å². The molecule has 5 rings (SSSR count). The molecule has 3 heterocycles. The number of nitrogen functional groups attached to an aromatic ring is 1. The average molecular weight is 564 g/mol. The third-order valence-electron chi connectivity index (χ3n) is 7.15. The number of nitrogens with one attached hydrogen (secondary N) is 1. The fourth-order valence-corrected chi connectivity index (χ4v) is 5.08. The molecular formula is C29H28F3N7O2. The number of anilines is 1. The van der Waals surface area contributed by atoms with Gasteiger partial charge < -0.3 is 16.0 Å². The highest BCUT2D eigenvalue weighted by molar-refractivity contribution is 5.98. The quantitative estimate of drug-likeness (QED) is 0.329. The summed E-state index contributed by atoms with van der Waals surface area (Å²) >= 11 is 0. The first-order chi connectivity index (χ1) is 19.6. The van der Waals surface area contributed by atoms with Gasteiger partial charge in [-0.05, 0) is 43.5 Å². The van der Waals surface area contributed by atoms with Gasteiger partial charge in [0.15, 0.2) is 5.65 Å². The van der Waals surface area contributed by atoms with Crippen LogP contribution in [0, 0.1) is 6.92 Å². The second kappa shape index (κ2) is 11.0. The lowest BCUT2D eigenvalue weighted by Gasteiger charge is -2.32. The molecule has 12 heteroatoms. The third-order valence-corrected chi connectivity index (χ3v) is 7.15. The molecule has 0 unspecified atom stereocenters. The maximum atomic E-state index is 13.5. The fourth-order valence-electron chi connectivity index (χ4n) is 5.08. The van der Waals surface area contributed by atoms with E-state index in [0.29, 0.717) is 40.9 Å². The number of rotatable bonds is 6. The standard InChI is InChI=1S/C29H28F3N7O2/c1-3-23(40)38-12-4-5-20(15-38)39-27-24(26(33)35-16-36-27)25(37-39)19-9-7-18(8-10-19)14-34-28(41)21-11-6-17(2)13-22(21)29(30,31)32/h3,6-11,13,16,20H,1,4-5,12,14-15H2,2H3,(H,34,41)(H2,33,35,36)/t20-/m1/s1. The van der Waals surface area contributed by atoms with Crippen molar-refractivity contribution in [3.05, 3.63) is 83.7 Å². The van der Waals surface area contributed by atoms with Crippen molar-refractivity contribution in [1.29, 1.82) is 0 Å². The van der Waals surface area contributed by atoms with Crippen LogP contribution in [0.1, 0.15) is 45.9 Å².